The van der Waals surface area contributed by atoms with Crippen LogP contribution in [0.15, 0.2) is 23.7 Å². The zero-order valence-corrected chi connectivity index (χ0v) is 9.64. The molecule has 0 aliphatic carbocycles. The second-order valence-electron chi connectivity index (χ2n) is 3.50. The summed E-state index contributed by atoms with van der Waals surface area (Å²) >= 11 is 1.76. The molecule has 0 saturated carbocycles. The van der Waals surface area contributed by atoms with Crippen molar-refractivity contribution in [3.8, 4) is 0 Å². The molecule has 0 fully saturated rings. The first-order valence-corrected chi connectivity index (χ1v) is 5.70. The fraction of sp³-hybridized carbons (Fsp3) is 0.273. The molecule has 0 aliphatic rings. The van der Waals surface area contributed by atoms with Gasteiger partial charge in [0, 0.05) is 4.88 Å². The summed E-state index contributed by atoms with van der Waals surface area (Å²) in [7, 11) is 0. The van der Waals surface area contributed by atoms with Crippen LogP contribution in [0, 0.1) is 13.8 Å². The van der Waals surface area contributed by atoms with Crippen molar-refractivity contribution in [1.29, 1.82) is 0 Å². The molecule has 0 spiro atoms. The molecule has 2 aromatic heterocycles. The summed E-state index contributed by atoms with van der Waals surface area (Å²) in [4.78, 5) is 1.35. The van der Waals surface area contributed by atoms with Crippen molar-refractivity contribution in [2.45, 2.75) is 20.4 Å². The van der Waals surface area contributed by atoms with E-state index in [1.54, 1.807) is 17.5 Å². The Morgan fingerprint density at radius 2 is 2.27 bits per heavy atom. The molecule has 15 heavy (non-hydrogen) atoms. The number of anilines is 1. The molecule has 2 aromatic rings. The van der Waals surface area contributed by atoms with Crippen molar-refractivity contribution in [2.24, 2.45) is 0 Å². The molecular formula is C11H13N3S. The standard InChI is InChI=1S/C11H13N3S/c1-8-5-11(14-13-6-8)12-7-10-9(2)3-4-15-10/h3-6H,7H2,1-2H3,(H,12,14). The number of nitrogens with one attached hydrogen (secondary N) is 1. The first kappa shape index (κ1) is 10.1. The van der Waals surface area contributed by atoms with E-state index < -0.39 is 0 Å². The molecule has 0 aliphatic heterocycles. The molecule has 78 valence electrons. The third kappa shape index (κ3) is 2.53. The number of thiophene rings is 1. The van der Waals surface area contributed by atoms with Crippen LogP contribution in [0.2, 0.25) is 0 Å². The van der Waals surface area contributed by atoms with Crippen LogP contribution < -0.4 is 5.32 Å². The van der Waals surface area contributed by atoms with Gasteiger partial charge in [-0.05, 0) is 42.5 Å². The fourth-order valence-electron chi connectivity index (χ4n) is 1.31. The van der Waals surface area contributed by atoms with E-state index in [2.05, 4.69) is 33.9 Å². The van der Waals surface area contributed by atoms with Gasteiger partial charge in [0.2, 0.25) is 0 Å². The third-order valence-electron chi connectivity index (χ3n) is 2.19. The molecule has 4 heteroatoms. The Hall–Kier alpha value is -1.42. The van der Waals surface area contributed by atoms with Crippen LogP contribution in [0.25, 0.3) is 0 Å². The molecule has 1 N–H and O–H groups in total. The molecule has 3 nitrogen and oxygen atoms in total. The number of rotatable bonds is 3. The lowest BCUT2D eigenvalue weighted by Gasteiger charge is -2.04. The topological polar surface area (TPSA) is 37.8 Å². The van der Waals surface area contributed by atoms with Crippen LogP contribution >= 0.6 is 11.3 Å². The zero-order valence-electron chi connectivity index (χ0n) is 8.82. The average molecular weight is 219 g/mol. The van der Waals surface area contributed by atoms with Crippen LogP contribution in [0.4, 0.5) is 5.82 Å². The van der Waals surface area contributed by atoms with Crippen molar-refractivity contribution in [3.05, 3.63) is 39.7 Å². The van der Waals surface area contributed by atoms with Gasteiger partial charge in [0.05, 0.1) is 12.7 Å². The largest absolute Gasteiger partial charge is 0.364 e. The van der Waals surface area contributed by atoms with E-state index in [1.165, 1.54) is 10.4 Å². The predicted octanol–water partition coefficient (Wildman–Crippen LogP) is 2.77. The first-order valence-electron chi connectivity index (χ1n) is 4.82. The summed E-state index contributed by atoms with van der Waals surface area (Å²) in [5, 5.41) is 13.3. The average Bonchev–Trinajstić information content (AvgIpc) is 2.61. The highest BCUT2D eigenvalue weighted by Gasteiger charge is 2.00. The fourth-order valence-corrected chi connectivity index (χ4v) is 2.15. The van der Waals surface area contributed by atoms with E-state index in [0.717, 1.165) is 17.9 Å². The lowest BCUT2D eigenvalue weighted by atomic mass is 10.3. The van der Waals surface area contributed by atoms with E-state index in [0.29, 0.717) is 0 Å². The molecule has 0 atom stereocenters. The smallest absolute Gasteiger partial charge is 0.149 e. The monoisotopic (exact) mass is 219 g/mol. The minimum Gasteiger partial charge on any atom is -0.364 e. The minimum absolute atomic E-state index is 0.821. The summed E-state index contributed by atoms with van der Waals surface area (Å²) in [5.74, 6) is 0.836. The van der Waals surface area contributed by atoms with E-state index in [4.69, 9.17) is 0 Å². The summed E-state index contributed by atoms with van der Waals surface area (Å²) in [6.07, 6.45) is 1.75. The van der Waals surface area contributed by atoms with Gasteiger partial charge < -0.3 is 5.32 Å². The van der Waals surface area contributed by atoms with Crippen molar-refractivity contribution < 1.29 is 0 Å². The molecular weight excluding hydrogens is 206 g/mol. The zero-order chi connectivity index (χ0) is 10.7. The second kappa shape index (κ2) is 4.40. The van der Waals surface area contributed by atoms with Crippen LogP contribution in [0.5, 0.6) is 0 Å². The molecule has 0 radical (unpaired) electrons. The van der Waals surface area contributed by atoms with Crippen LogP contribution in [0.1, 0.15) is 16.0 Å². The Labute approximate surface area is 93.2 Å². The second-order valence-corrected chi connectivity index (χ2v) is 4.50. The van der Waals surface area contributed by atoms with E-state index in [1.807, 2.05) is 13.0 Å². The van der Waals surface area contributed by atoms with Crippen molar-refractivity contribution in [2.75, 3.05) is 5.32 Å². The Morgan fingerprint density at radius 3 is 2.93 bits per heavy atom. The highest BCUT2D eigenvalue weighted by molar-refractivity contribution is 7.10. The van der Waals surface area contributed by atoms with Gasteiger partial charge in [-0.1, -0.05) is 0 Å². The summed E-state index contributed by atoms with van der Waals surface area (Å²) in [6, 6.07) is 4.12. The quantitative estimate of drug-likeness (QED) is 0.862. The molecule has 0 aromatic carbocycles. The molecule has 2 heterocycles. The minimum atomic E-state index is 0.821. The van der Waals surface area contributed by atoms with Crippen LogP contribution in [0.3, 0.4) is 0 Å². The van der Waals surface area contributed by atoms with E-state index in [-0.39, 0.29) is 0 Å². The number of hydrogen-bond acceptors (Lipinski definition) is 4. The SMILES string of the molecule is Cc1cnnc(NCc2sccc2C)c1. The summed E-state index contributed by atoms with van der Waals surface area (Å²) in [6.45, 7) is 4.95. The lowest BCUT2D eigenvalue weighted by Crippen LogP contribution is -2.01. The molecule has 2 rings (SSSR count). The maximum atomic E-state index is 4.01. The highest BCUT2D eigenvalue weighted by atomic mass is 32.1. The Balaban J connectivity index is 2.02. The predicted molar refractivity (Wildman–Crippen MR) is 63.2 cm³/mol. The van der Waals surface area contributed by atoms with Gasteiger partial charge in [-0.25, -0.2) is 0 Å². The highest BCUT2D eigenvalue weighted by Crippen LogP contribution is 2.16. The van der Waals surface area contributed by atoms with Gasteiger partial charge in [-0.3, -0.25) is 0 Å². The van der Waals surface area contributed by atoms with Gasteiger partial charge in [0.25, 0.3) is 0 Å². The normalized spacial score (nSPS) is 10.3. The number of aryl methyl sites for hydroxylation is 2. The summed E-state index contributed by atoms with van der Waals surface area (Å²) in [5.41, 5.74) is 2.45. The van der Waals surface area contributed by atoms with E-state index in [9.17, 15) is 0 Å². The van der Waals surface area contributed by atoms with Crippen molar-refractivity contribution in [3.63, 3.8) is 0 Å². The molecule has 0 unspecified atom stereocenters. The van der Waals surface area contributed by atoms with Gasteiger partial charge >= 0.3 is 0 Å². The van der Waals surface area contributed by atoms with Crippen molar-refractivity contribution in [1.82, 2.24) is 10.2 Å². The number of aromatic nitrogens is 2. The Morgan fingerprint density at radius 1 is 1.40 bits per heavy atom. The van der Waals surface area contributed by atoms with E-state index >= 15 is 0 Å². The van der Waals surface area contributed by atoms with Gasteiger partial charge in [0.15, 0.2) is 0 Å². The van der Waals surface area contributed by atoms with Crippen molar-refractivity contribution >= 4 is 17.2 Å². The Kier molecular flexibility index (Phi) is 2.97. The van der Waals surface area contributed by atoms with Crippen LogP contribution in [-0.4, -0.2) is 10.2 Å². The summed E-state index contributed by atoms with van der Waals surface area (Å²) < 4.78 is 0. The maximum Gasteiger partial charge on any atom is 0.149 e. The lowest BCUT2D eigenvalue weighted by molar-refractivity contribution is 0.991. The van der Waals surface area contributed by atoms with Gasteiger partial charge in [0.1, 0.15) is 5.82 Å². The van der Waals surface area contributed by atoms with Crippen LogP contribution in [-0.2, 0) is 6.54 Å². The van der Waals surface area contributed by atoms with Gasteiger partial charge in [-0.2, -0.15) is 5.10 Å². The number of hydrogen-bond donors (Lipinski definition) is 1. The van der Waals surface area contributed by atoms with Gasteiger partial charge in [-0.15, -0.1) is 16.4 Å². The molecule has 0 saturated heterocycles. The Bertz CT molecular complexity index is 451. The molecule has 0 bridgehead atoms. The number of nitrogens with zero attached hydrogens (tertiary/aromatic N) is 2. The first-order chi connectivity index (χ1) is 7.25. The molecule has 0 amide bonds. The maximum absolute atomic E-state index is 4.01. The third-order valence-corrected chi connectivity index (χ3v) is 3.21.